The summed E-state index contributed by atoms with van der Waals surface area (Å²) in [6.07, 6.45) is 7.82. The fraction of sp³-hybridized carbons (Fsp3) is 0.190. The molecule has 0 radical (unpaired) electrons. The molecule has 34 heavy (non-hydrogen) atoms. The molecule has 0 saturated heterocycles. The standard InChI is InChI=1S/C21H17ClN6O6/c1-4-13-10-15(17(25-18(13)22)20(30)33-12(3)34-21(31)32-5-2)24-19(29)14-6-7-16(27-26-14)28-9-8-23-11-28/h1,6-12H,5H2,2-3H3,(H,24,29). The first-order valence-corrected chi connectivity index (χ1v) is 10.0. The van der Waals surface area contributed by atoms with Crippen molar-refractivity contribution in [2.24, 2.45) is 0 Å². The summed E-state index contributed by atoms with van der Waals surface area (Å²) in [5.41, 5.74) is -0.416. The second kappa shape index (κ2) is 10.9. The number of terminal acetylenes is 1. The van der Waals surface area contributed by atoms with Gasteiger partial charge in [-0.05, 0) is 25.1 Å². The Morgan fingerprint density at radius 1 is 1.26 bits per heavy atom. The van der Waals surface area contributed by atoms with E-state index in [2.05, 4.69) is 36.1 Å². The Kier molecular flexibility index (Phi) is 7.73. The van der Waals surface area contributed by atoms with Gasteiger partial charge in [0.25, 0.3) is 5.91 Å². The lowest BCUT2D eigenvalue weighted by Gasteiger charge is -2.15. The second-order valence-electron chi connectivity index (χ2n) is 6.34. The van der Waals surface area contributed by atoms with Crippen molar-refractivity contribution in [3.05, 3.63) is 59.0 Å². The molecule has 3 rings (SSSR count). The van der Waals surface area contributed by atoms with Gasteiger partial charge >= 0.3 is 12.1 Å². The van der Waals surface area contributed by atoms with Crippen LogP contribution in [-0.4, -0.2) is 55.7 Å². The number of imidazole rings is 1. The number of amides is 1. The van der Waals surface area contributed by atoms with E-state index in [0.29, 0.717) is 5.82 Å². The van der Waals surface area contributed by atoms with Crippen LogP contribution in [0.3, 0.4) is 0 Å². The topological polar surface area (TPSA) is 147 Å². The highest BCUT2D eigenvalue weighted by atomic mass is 35.5. The zero-order valence-electron chi connectivity index (χ0n) is 17.9. The van der Waals surface area contributed by atoms with E-state index in [4.69, 9.17) is 27.5 Å². The molecule has 1 N–H and O–H groups in total. The van der Waals surface area contributed by atoms with E-state index < -0.39 is 24.3 Å². The van der Waals surface area contributed by atoms with Crippen LogP contribution in [0.2, 0.25) is 5.15 Å². The number of carbonyl (C=O) groups excluding carboxylic acids is 3. The number of esters is 1. The van der Waals surface area contributed by atoms with E-state index in [0.717, 1.165) is 0 Å². The van der Waals surface area contributed by atoms with Gasteiger partial charge in [-0.3, -0.25) is 9.36 Å². The molecule has 0 aliphatic rings. The molecule has 12 nitrogen and oxygen atoms in total. The first kappa shape index (κ1) is 24.1. The van der Waals surface area contributed by atoms with E-state index >= 15 is 0 Å². The van der Waals surface area contributed by atoms with Crippen molar-refractivity contribution >= 4 is 35.3 Å². The summed E-state index contributed by atoms with van der Waals surface area (Å²) in [5, 5.41) is 10.2. The number of anilines is 1. The molecule has 3 aromatic heterocycles. The SMILES string of the molecule is C#Cc1cc(NC(=O)c2ccc(-n3ccnc3)nn2)c(C(=O)OC(C)OC(=O)OCC)nc1Cl. The zero-order chi connectivity index (χ0) is 24.7. The van der Waals surface area contributed by atoms with Gasteiger partial charge in [0, 0.05) is 19.3 Å². The summed E-state index contributed by atoms with van der Waals surface area (Å²) < 4.78 is 16.0. The van der Waals surface area contributed by atoms with E-state index in [1.54, 1.807) is 30.0 Å². The van der Waals surface area contributed by atoms with Crippen molar-refractivity contribution in [3.63, 3.8) is 0 Å². The minimum Gasteiger partial charge on any atom is -0.435 e. The van der Waals surface area contributed by atoms with Crippen LogP contribution in [0.15, 0.2) is 36.9 Å². The quantitative estimate of drug-likeness (QED) is 0.229. The molecule has 0 fully saturated rings. The number of carbonyl (C=O) groups is 3. The Bertz CT molecular complexity index is 1240. The fourth-order valence-electron chi connectivity index (χ4n) is 2.53. The Balaban J connectivity index is 1.81. The lowest BCUT2D eigenvalue weighted by molar-refractivity contribution is -0.0813. The fourth-order valence-corrected chi connectivity index (χ4v) is 2.72. The van der Waals surface area contributed by atoms with Gasteiger partial charge in [-0.25, -0.2) is 19.6 Å². The van der Waals surface area contributed by atoms with Crippen LogP contribution in [0.4, 0.5) is 10.5 Å². The van der Waals surface area contributed by atoms with Gasteiger partial charge in [0.05, 0.1) is 17.9 Å². The predicted octanol–water partition coefficient (Wildman–Crippen LogP) is 2.62. The minimum atomic E-state index is -1.32. The molecule has 0 aromatic carbocycles. The number of aromatic nitrogens is 5. The normalized spacial score (nSPS) is 11.1. The largest absolute Gasteiger partial charge is 0.511 e. The maximum Gasteiger partial charge on any atom is 0.511 e. The van der Waals surface area contributed by atoms with Crippen molar-refractivity contribution in [3.8, 4) is 18.2 Å². The van der Waals surface area contributed by atoms with E-state index in [9.17, 15) is 14.4 Å². The summed E-state index contributed by atoms with van der Waals surface area (Å²) in [5.74, 6) is 0.990. The summed E-state index contributed by atoms with van der Waals surface area (Å²) in [4.78, 5) is 44.6. The monoisotopic (exact) mass is 484 g/mol. The van der Waals surface area contributed by atoms with E-state index in [1.165, 1.54) is 25.4 Å². The third-order valence-corrected chi connectivity index (χ3v) is 4.31. The lowest BCUT2D eigenvalue weighted by atomic mass is 10.2. The Morgan fingerprint density at radius 3 is 2.68 bits per heavy atom. The maximum absolute atomic E-state index is 12.7. The van der Waals surface area contributed by atoms with Gasteiger partial charge in [0.1, 0.15) is 11.5 Å². The third-order valence-electron chi connectivity index (χ3n) is 4.02. The summed E-state index contributed by atoms with van der Waals surface area (Å²) in [6.45, 7) is 2.95. The van der Waals surface area contributed by atoms with Crippen molar-refractivity contribution in [1.29, 1.82) is 0 Å². The number of hydrogen-bond acceptors (Lipinski definition) is 10. The predicted molar refractivity (Wildman–Crippen MR) is 117 cm³/mol. The lowest BCUT2D eigenvalue weighted by Crippen LogP contribution is -2.24. The molecule has 0 aliphatic carbocycles. The van der Waals surface area contributed by atoms with Crippen LogP contribution in [-0.2, 0) is 14.2 Å². The molecule has 1 atom stereocenters. The first-order chi connectivity index (χ1) is 16.3. The Hall–Kier alpha value is -4.50. The van der Waals surface area contributed by atoms with Crippen LogP contribution in [0.25, 0.3) is 5.82 Å². The van der Waals surface area contributed by atoms with E-state index in [-0.39, 0.29) is 34.4 Å². The average Bonchev–Trinajstić information content (AvgIpc) is 3.35. The maximum atomic E-state index is 12.7. The van der Waals surface area contributed by atoms with Gasteiger partial charge in [0.2, 0.25) is 6.29 Å². The number of ether oxygens (including phenoxy) is 3. The molecular formula is C21H17ClN6O6. The van der Waals surface area contributed by atoms with E-state index in [1.807, 2.05) is 0 Å². The smallest absolute Gasteiger partial charge is 0.435 e. The third kappa shape index (κ3) is 5.84. The molecule has 3 heterocycles. The van der Waals surface area contributed by atoms with Crippen molar-refractivity contribution in [2.45, 2.75) is 20.1 Å². The molecule has 0 saturated carbocycles. The van der Waals surface area contributed by atoms with Crippen LogP contribution in [0, 0.1) is 12.3 Å². The van der Waals surface area contributed by atoms with Crippen molar-refractivity contribution in [1.82, 2.24) is 24.7 Å². The number of hydrogen-bond donors (Lipinski definition) is 1. The van der Waals surface area contributed by atoms with Gasteiger partial charge < -0.3 is 19.5 Å². The summed E-state index contributed by atoms with van der Waals surface area (Å²) >= 11 is 6.02. The molecule has 0 aliphatic heterocycles. The van der Waals surface area contributed by atoms with Gasteiger partial charge in [-0.15, -0.1) is 16.6 Å². The molecule has 174 valence electrons. The second-order valence-corrected chi connectivity index (χ2v) is 6.70. The number of rotatable bonds is 7. The summed E-state index contributed by atoms with van der Waals surface area (Å²) in [6, 6.07) is 4.25. The molecular weight excluding hydrogens is 468 g/mol. The highest BCUT2D eigenvalue weighted by Gasteiger charge is 2.24. The van der Waals surface area contributed by atoms with Crippen molar-refractivity contribution < 1.29 is 28.6 Å². The van der Waals surface area contributed by atoms with Gasteiger partial charge in [-0.2, -0.15) is 0 Å². The number of nitrogens with zero attached hydrogens (tertiary/aromatic N) is 5. The zero-order valence-corrected chi connectivity index (χ0v) is 18.6. The molecule has 1 unspecified atom stereocenters. The first-order valence-electron chi connectivity index (χ1n) is 9.67. The Morgan fingerprint density at radius 2 is 2.06 bits per heavy atom. The van der Waals surface area contributed by atoms with Gasteiger partial charge in [-0.1, -0.05) is 17.5 Å². The van der Waals surface area contributed by atoms with Crippen LogP contribution >= 0.6 is 11.6 Å². The number of halogens is 1. The van der Waals surface area contributed by atoms with Crippen LogP contribution < -0.4 is 5.32 Å². The average molecular weight is 485 g/mol. The Labute approximate surface area is 198 Å². The molecule has 1 amide bonds. The van der Waals surface area contributed by atoms with Crippen LogP contribution in [0.5, 0.6) is 0 Å². The van der Waals surface area contributed by atoms with Gasteiger partial charge in [0.15, 0.2) is 17.2 Å². The number of pyridine rings is 1. The summed E-state index contributed by atoms with van der Waals surface area (Å²) in [7, 11) is 0. The molecule has 13 heteroatoms. The molecule has 0 spiro atoms. The molecule has 3 aromatic rings. The molecule has 0 bridgehead atoms. The highest BCUT2D eigenvalue weighted by molar-refractivity contribution is 6.31. The van der Waals surface area contributed by atoms with Crippen LogP contribution in [0.1, 0.15) is 40.4 Å². The number of nitrogens with one attached hydrogen (secondary N) is 1. The minimum absolute atomic E-state index is 0.0561. The van der Waals surface area contributed by atoms with Crippen molar-refractivity contribution in [2.75, 3.05) is 11.9 Å². The highest BCUT2D eigenvalue weighted by Crippen LogP contribution is 2.23.